The molecule has 1 aliphatic carbocycles. The van der Waals surface area contributed by atoms with E-state index < -0.39 is 28.6 Å². The molecule has 4 aromatic rings. The Labute approximate surface area is 261 Å². The number of aromatic nitrogens is 2. The average molecular weight is 644 g/mol. The number of carbonyl (C=O) groups excluding carboxylic acids is 2. The fraction of sp³-hybridized carbons (Fsp3) is 0.290. The van der Waals surface area contributed by atoms with Crippen LogP contribution >= 0.6 is 34.8 Å². The maximum absolute atomic E-state index is 14.3. The topological polar surface area (TPSA) is 127 Å². The van der Waals surface area contributed by atoms with Gasteiger partial charge in [0.15, 0.2) is 5.82 Å². The minimum absolute atomic E-state index is 0.0614. The molecule has 0 bridgehead atoms. The van der Waals surface area contributed by atoms with Crippen LogP contribution in [0.2, 0.25) is 15.1 Å². The fourth-order valence-corrected chi connectivity index (χ4v) is 6.23. The molecule has 2 aliphatic rings. The van der Waals surface area contributed by atoms with Crippen molar-refractivity contribution in [1.82, 2.24) is 15.3 Å². The summed E-state index contributed by atoms with van der Waals surface area (Å²) in [5.41, 5.74) is 5.84. The number of halogens is 4. The molecular formula is C31H26Cl3FN4O4. The van der Waals surface area contributed by atoms with Crippen LogP contribution < -0.4 is 15.8 Å². The largest absolute Gasteiger partial charge is 0.489 e. The SMILES string of the molecule is Cc1cnc2c(Cl)cc(C(=O)NC[C@](O)(c3cc4c(c(-c5cc(Cl)c(F)c(Cl)c5)n3)OC[C@]4(C)C(N)=O)C3CC3)cc2c1. The molecule has 2 aromatic heterocycles. The molecule has 2 atom stereocenters. The number of amides is 2. The zero-order valence-electron chi connectivity index (χ0n) is 23.1. The van der Waals surface area contributed by atoms with Gasteiger partial charge in [-0.3, -0.25) is 14.6 Å². The summed E-state index contributed by atoms with van der Waals surface area (Å²) in [7, 11) is 0. The van der Waals surface area contributed by atoms with Gasteiger partial charge >= 0.3 is 0 Å². The third-order valence-electron chi connectivity index (χ3n) is 8.22. The number of hydrogen-bond donors (Lipinski definition) is 3. The average Bonchev–Trinajstić information content (AvgIpc) is 3.77. The summed E-state index contributed by atoms with van der Waals surface area (Å²) in [4.78, 5) is 35.1. The van der Waals surface area contributed by atoms with Gasteiger partial charge in [0, 0.05) is 28.3 Å². The first-order valence-electron chi connectivity index (χ1n) is 13.5. The molecule has 2 aromatic carbocycles. The van der Waals surface area contributed by atoms with Gasteiger partial charge in [-0.15, -0.1) is 0 Å². The van der Waals surface area contributed by atoms with Crippen molar-refractivity contribution in [1.29, 1.82) is 0 Å². The quantitative estimate of drug-likeness (QED) is 0.216. The van der Waals surface area contributed by atoms with Crippen molar-refractivity contribution < 1.29 is 23.8 Å². The van der Waals surface area contributed by atoms with Crippen molar-refractivity contribution in [3.05, 3.63) is 85.9 Å². The minimum Gasteiger partial charge on any atom is -0.489 e. The predicted octanol–water partition coefficient (Wildman–Crippen LogP) is 5.87. The van der Waals surface area contributed by atoms with Gasteiger partial charge in [0.25, 0.3) is 5.91 Å². The van der Waals surface area contributed by atoms with E-state index in [0.717, 1.165) is 5.56 Å². The van der Waals surface area contributed by atoms with Crippen LogP contribution in [0.3, 0.4) is 0 Å². The zero-order chi connectivity index (χ0) is 30.8. The van der Waals surface area contributed by atoms with Gasteiger partial charge in [-0.05, 0) is 74.6 Å². The zero-order valence-corrected chi connectivity index (χ0v) is 25.4. The number of ether oxygens (including phenoxy) is 1. The third kappa shape index (κ3) is 5.08. The maximum atomic E-state index is 14.3. The van der Waals surface area contributed by atoms with E-state index in [1.54, 1.807) is 25.3 Å². The third-order valence-corrected chi connectivity index (χ3v) is 9.06. The second-order valence-electron chi connectivity index (χ2n) is 11.4. The second kappa shape index (κ2) is 10.6. The van der Waals surface area contributed by atoms with Crippen LogP contribution in [-0.2, 0) is 15.8 Å². The van der Waals surface area contributed by atoms with Gasteiger partial charge in [-0.2, -0.15) is 0 Å². The van der Waals surface area contributed by atoms with Crippen LogP contribution in [0.25, 0.3) is 22.2 Å². The fourth-order valence-electron chi connectivity index (χ4n) is 5.47. The van der Waals surface area contributed by atoms with Gasteiger partial charge in [-0.1, -0.05) is 34.8 Å². The Bertz CT molecular complexity index is 1830. The Morgan fingerprint density at radius 1 is 1.14 bits per heavy atom. The number of carbonyl (C=O) groups is 2. The first kappa shape index (κ1) is 29.6. The number of aliphatic hydroxyl groups is 1. The summed E-state index contributed by atoms with van der Waals surface area (Å²) in [6.45, 7) is 3.27. The van der Waals surface area contributed by atoms with Crippen molar-refractivity contribution in [3.8, 4) is 17.0 Å². The van der Waals surface area contributed by atoms with Crippen molar-refractivity contribution in [2.75, 3.05) is 13.2 Å². The summed E-state index contributed by atoms with van der Waals surface area (Å²) in [6.07, 6.45) is 3.07. The molecule has 0 radical (unpaired) electrons. The monoisotopic (exact) mass is 642 g/mol. The summed E-state index contributed by atoms with van der Waals surface area (Å²) in [5, 5.41) is 15.6. The number of nitrogens with zero attached hydrogens (tertiary/aromatic N) is 2. The van der Waals surface area contributed by atoms with Crippen LogP contribution in [0.5, 0.6) is 5.75 Å². The molecule has 0 saturated heterocycles. The number of pyridine rings is 2. The highest BCUT2D eigenvalue weighted by atomic mass is 35.5. The van der Waals surface area contributed by atoms with Gasteiger partial charge < -0.3 is 20.9 Å². The number of primary amides is 1. The summed E-state index contributed by atoms with van der Waals surface area (Å²) in [6, 6.07) is 9.38. The molecule has 8 nitrogen and oxygen atoms in total. The molecule has 2 amide bonds. The number of nitrogens with one attached hydrogen (secondary N) is 1. The molecule has 4 N–H and O–H groups in total. The minimum atomic E-state index is -1.63. The molecule has 12 heteroatoms. The molecule has 0 unspecified atom stereocenters. The molecule has 1 aliphatic heterocycles. The van der Waals surface area contributed by atoms with E-state index >= 15 is 0 Å². The Morgan fingerprint density at radius 2 is 1.84 bits per heavy atom. The van der Waals surface area contributed by atoms with Gasteiger partial charge in [-0.25, -0.2) is 9.37 Å². The number of fused-ring (bicyclic) bond motifs is 2. The van der Waals surface area contributed by atoms with Gasteiger partial charge in [0.2, 0.25) is 5.91 Å². The van der Waals surface area contributed by atoms with Crippen molar-refractivity contribution in [2.24, 2.45) is 11.7 Å². The highest BCUT2D eigenvalue weighted by Gasteiger charge is 2.50. The van der Waals surface area contributed by atoms with E-state index in [-0.39, 0.29) is 46.3 Å². The van der Waals surface area contributed by atoms with Crippen molar-refractivity contribution in [2.45, 2.75) is 37.7 Å². The Hall–Kier alpha value is -3.50. The smallest absolute Gasteiger partial charge is 0.251 e. The van der Waals surface area contributed by atoms with Crippen molar-refractivity contribution >= 4 is 57.5 Å². The lowest BCUT2D eigenvalue weighted by Crippen LogP contribution is -2.44. The lowest BCUT2D eigenvalue weighted by atomic mass is 9.81. The predicted molar refractivity (Wildman–Crippen MR) is 162 cm³/mol. The number of rotatable bonds is 7. The van der Waals surface area contributed by atoms with E-state index in [9.17, 15) is 19.1 Å². The number of benzene rings is 2. The summed E-state index contributed by atoms with van der Waals surface area (Å²) >= 11 is 18.6. The van der Waals surface area contributed by atoms with Crippen LogP contribution in [0.15, 0.2) is 42.6 Å². The molecule has 1 saturated carbocycles. The molecule has 0 spiro atoms. The van der Waals surface area contributed by atoms with E-state index in [1.165, 1.54) is 18.2 Å². The highest BCUT2D eigenvalue weighted by Crippen LogP contribution is 2.50. The summed E-state index contributed by atoms with van der Waals surface area (Å²) < 4.78 is 20.2. The van der Waals surface area contributed by atoms with Crippen molar-refractivity contribution in [3.63, 3.8) is 0 Å². The number of hydrogen-bond acceptors (Lipinski definition) is 6. The molecule has 3 heterocycles. The first-order valence-corrected chi connectivity index (χ1v) is 14.7. The van der Waals surface area contributed by atoms with Crippen LogP contribution in [0.1, 0.15) is 46.9 Å². The van der Waals surface area contributed by atoms with Crippen LogP contribution in [-0.4, -0.2) is 40.0 Å². The molecule has 1 fully saturated rings. The Balaban J connectivity index is 1.42. The maximum Gasteiger partial charge on any atom is 0.251 e. The number of nitrogens with two attached hydrogens (primary N) is 1. The number of aryl methyl sites for hydroxylation is 1. The Kier molecular flexibility index (Phi) is 7.28. The van der Waals surface area contributed by atoms with E-state index in [0.29, 0.717) is 45.5 Å². The van der Waals surface area contributed by atoms with Gasteiger partial charge in [0.1, 0.15) is 29.1 Å². The molecular weight excluding hydrogens is 618 g/mol. The van der Waals surface area contributed by atoms with E-state index in [4.69, 9.17) is 50.3 Å². The lowest BCUT2D eigenvalue weighted by Gasteiger charge is -2.30. The standard InChI is InChI=1S/C31H26Cl3FN4O4/c1-14-5-15-6-17(9-22(34)25(15)37-11-14)28(40)38-12-31(42,18-3-4-18)23-10-19-27(43-13-30(19,2)29(36)41)26(39-23)16-7-20(32)24(35)21(33)8-16/h5-11,18,42H,3-4,12-13H2,1-2H3,(H2,36,41)(H,38,40)/t30-,31+/m0/s1. The van der Waals surface area contributed by atoms with Crippen LogP contribution in [0, 0.1) is 18.7 Å². The molecule has 6 rings (SSSR count). The first-order chi connectivity index (χ1) is 20.3. The van der Waals surface area contributed by atoms with E-state index in [1.807, 2.05) is 13.0 Å². The van der Waals surface area contributed by atoms with Crippen LogP contribution in [0.4, 0.5) is 4.39 Å². The molecule has 43 heavy (non-hydrogen) atoms. The molecule has 222 valence electrons. The second-order valence-corrected chi connectivity index (χ2v) is 12.6. The normalized spacial score (nSPS) is 19.0. The lowest BCUT2D eigenvalue weighted by molar-refractivity contribution is -0.123. The summed E-state index contributed by atoms with van der Waals surface area (Å²) in [5.74, 6) is -1.86. The van der Waals surface area contributed by atoms with E-state index in [2.05, 4.69) is 10.3 Å². The Morgan fingerprint density at radius 3 is 2.49 bits per heavy atom. The highest BCUT2D eigenvalue weighted by molar-refractivity contribution is 6.36. The van der Waals surface area contributed by atoms with Gasteiger partial charge in [0.05, 0.1) is 32.8 Å².